The van der Waals surface area contributed by atoms with E-state index in [4.69, 9.17) is 11.5 Å². The molecule has 1 aliphatic heterocycles. The van der Waals surface area contributed by atoms with Crippen molar-refractivity contribution in [3.05, 3.63) is 60.2 Å². The average Bonchev–Trinajstić information content (AvgIpc) is 2.71. The van der Waals surface area contributed by atoms with Crippen LogP contribution in [0.2, 0.25) is 0 Å². The molecular weight excluding hydrogens is 392 g/mol. The molecule has 0 spiro atoms. The summed E-state index contributed by atoms with van der Waals surface area (Å²) < 4.78 is 0. The molecule has 0 unspecified atom stereocenters. The lowest BCUT2D eigenvalue weighted by atomic mass is 10.1. The highest BCUT2D eigenvalue weighted by Gasteiger charge is 2.32. The van der Waals surface area contributed by atoms with Crippen LogP contribution in [-0.2, 0) is 4.79 Å². The number of nitrogens with two attached hydrogens (primary N) is 2. The smallest absolute Gasteiger partial charge is 0.238 e. The zero-order chi connectivity index (χ0) is 19.5. The molecule has 142 valence electrons. The van der Waals surface area contributed by atoms with Crippen molar-refractivity contribution in [1.82, 2.24) is 15.0 Å². The first-order valence-electron chi connectivity index (χ1n) is 8.60. The molecule has 0 radical (unpaired) electrons. The number of nitrogen functional groups attached to an aromatic ring is 2. The van der Waals surface area contributed by atoms with Gasteiger partial charge in [-0.2, -0.15) is 15.0 Å². The normalized spacial score (nSPS) is 15.9. The van der Waals surface area contributed by atoms with E-state index < -0.39 is 0 Å². The van der Waals surface area contributed by atoms with Gasteiger partial charge in [-0.3, -0.25) is 4.79 Å². The van der Waals surface area contributed by atoms with Crippen molar-refractivity contribution in [1.29, 1.82) is 0 Å². The van der Waals surface area contributed by atoms with Gasteiger partial charge in [0.15, 0.2) is 5.16 Å². The van der Waals surface area contributed by atoms with Gasteiger partial charge in [0.1, 0.15) is 0 Å². The predicted octanol–water partition coefficient (Wildman–Crippen LogP) is 3.01. The Labute approximate surface area is 171 Å². The molecule has 1 atom stereocenters. The number of carbonyl (C=O) groups is 1. The Morgan fingerprint density at radius 3 is 2.46 bits per heavy atom. The fraction of sp³-hybridized carbons (Fsp3) is 0.158. The zero-order valence-corrected chi connectivity index (χ0v) is 16.5. The van der Waals surface area contributed by atoms with Gasteiger partial charge >= 0.3 is 0 Å². The minimum atomic E-state index is -0.0392. The van der Waals surface area contributed by atoms with E-state index >= 15 is 0 Å². The molecule has 4 rings (SSSR count). The van der Waals surface area contributed by atoms with E-state index in [1.807, 2.05) is 47.4 Å². The first kappa shape index (κ1) is 18.6. The molecule has 0 fully saturated rings. The summed E-state index contributed by atoms with van der Waals surface area (Å²) in [5.74, 6) is 1.03. The number of fused-ring (bicyclic) bond motifs is 1. The zero-order valence-electron chi connectivity index (χ0n) is 14.9. The summed E-state index contributed by atoms with van der Waals surface area (Å²) in [6.07, 6.45) is 0. The van der Waals surface area contributed by atoms with E-state index in [2.05, 4.69) is 27.1 Å². The number of hydrogen-bond donors (Lipinski definition) is 2. The Bertz CT molecular complexity index is 980. The minimum Gasteiger partial charge on any atom is -0.368 e. The molecule has 0 bridgehead atoms. The number of carbonyl (C=O) groups excluding carboxylic acids is 1. The Morgan fingerprint density at radius 2 is 1.71 bits per heavy atom. The van der Waals surface area contributed by atoms with Crippen molar-refractivity contribution >= 4 is 47.0 Å². The molecule has 0 saturated heterocycles. The summed E-state index contributed by atoms with van der Waals surface area (Å²) in [4.78, 5) is 28.1. The third-order valence-electron chi connectivity index (χ3n) is 4.26. The first-order valence-corrected chi connectivity index (χ1v) is 10.6. The molecule has 1 amide bonds. The average molecular weight is 411 g/mol. The highest BCUT2D eigenvalue weighted by molar-refractivity contribution is 8.00. The van der Waals surface area contributed by atoms with Gasteiger partial charge in [0.25, 0.3) is 0 Å². The molecule has 0 aliphatic carbocycles. The topological polar surface area (TPSA) is 111 Å². The predicted molar refractivity (Wildman–Crippen MR) is 113 cm³/mol. The van der Waals surface area contributed by atoms with Crippen LogP contribution in [0.4, 0.5) is 17.6 Å². The number of para-hydroxylation sites is 1. The van der Waals surface area contributed by atoms with Crippen molar-refractivity contribution < 1.29 is 4.79 Å². The van der Waals surface area contributed by atoms with E-state index in [0.29, 0.717) is 5.16 Å². The molecule has 1 aliphatic rings. The van der Waals surface area contributed by atoms with E-state index in [1.165, 1.54) is 11.8 Å². The lowest BCUT2D eigenvalue weighted by Gasteiger charge is -2.37. The van der Waals surface area contributed by atoms with Gasteiger partial charge in [0.05, 0.1) is 17.5 Å². The molecule has 4 N–H and O–H groups in total. The summed E-state index contributed by atoms with van der Waals surface area (Å²) >= 11 is 2.97. The SMILES string of the molecule is Nc1nc(N)nc(SCC(=O)N2c3ccccc3SC[C@@H]2c2ccccc2)n1. The van der Waals surface area contributed by atoms with Crippen molar-refractivity contribution in [2.45, 2.75) is 16.1 Å². The largest absolute Gasteiger partial charge is 0.368 e. The Balaban J connectivity index is 1.62. The fourth-order valence-electron chi connectivity index (χ4n) is 3.07. The Morgan fingerprint density at radius 1 is 1.04 bits per heavy atom. The monoisotopic (exact) mass is 410 g/mol. The molecule has 2 heterocycles. The fourth-order valence-corrected chi connectivity index (χ4v) is 4.94. The van der Waals surface area contributed by atoms with Crippen molar-refractivity contribution in [3.8, 4) is 0 Å². The molecule has 0 saturated carbocycles. The van der Waals surface area contributed by atoms with Crippen LogP contribution >= 0.6 is 23.5 Å². The molecule has 3 aromatic rings. The van der Waals surface area contributed by atoms with E-state index in [9.17, 15) is 4.79 Å². The van der Waals surface area contributed by atoms with Crippen LogP contribution in [0.15, 0.2) is 64.6 Å². The number of rotatable bonds is 4. The van der Waals surface area contributed by atoms with Crippen LogP contribution in [0.3, 0.4) is 0 Å². The van der Waals surface area contributed by atoms with E-state index in [-0.39, 0.29) is 29.6 Å². The molecule has 9 heteroatoms. The maximum absolute atomic E-state index is 13.2. The second kappa shape index (κ2) is 8.07. The maximum atomic E-state index is 13.2. The van der Waals surface area contributed by atoms with Crippen LogP contribution in [0.1, 0.15) is 11.6 Å². The summed E-state index contributed by atoms with van der Waals surface area (Å²) in [7, 11) is 0. The van der Waals surface area contributed by atoms with Crippen LogP contribution in [0.5, 0.6) is 0 Å². The highest BCUT2D eigenvalue weighted by Crippen LogP contribution is 2.43. The van der Waals surface area contributed by atoms with Crippen molar-refractivity contribution in [3.63, 3.8) is 0 Å². The molecule has 2 aromatic carbocycles. The summed E-state index contributed by atoms with van der Waals surface area (Å²) in [6.45, 7) is 0. The highest BCUT2D eigenvalue weighted by atomic mass is 32.2. The van der Waals surface area contributed by atoms with Gasteiger partial charge in [0.2, 0.25) is 17.8 Å². The van der Waals surface area contributed by atoms with Gasteiger partial charge in [-0.15, -0.1) is 11.8 Å². The van der Waals surface area contributed by atoms with E-state index in [1.54, 1.807) is 11.8 Å². The second-order valence-electron chi connectivity index (χ2n) is 6.09. The number of benzene rings is 2. The van der Waals surface area contributed by atoms with Crippen molar-refractivity contribution in [2.24, 2.45) is 0 Å². The van der Waals surface area contributed by atoms with Crippen LogP contribution in [0.25, 0.3) is 0 Å². The van der Waals surface area contributed by atoms with Gasteiger partial charge in [0, 0.05) is 10.6 Å². The lowest BCUT2D eigenvalue weighted by Crippen LogP contribution is -2.39. The Kier molecular flexibility index (Phi) is 5.36. The number of aromatic nitrogens is 3. The van der Waals surface area contributed by atoms with Crippen LogP contribution in [-0.4, -0.2) is 32.4 Å². The third-order valence-corrected chi connectivity index (χ3v) is 6.23. The van der Waals surface area contributed by atoms with Gasteiger partial charge < -0.3 is 16.4 Å². The third kappa shape index (κ3) is 3.90. The summed E-state index contributed by atoms with van der Waals surface area (Å²) in [5.41, 5.74) is 13.3. The van der Waals surface area contributed by atoms with Crippen LogP contribution < -0.4 is 16.4 Å². The van der Waals surface area contributed by atoms with E-state index in [0.717, 1.165) is 21.9 Å². The van der Waals surface area contributed by atoms with Gasteiger partial charge in [-0.25, -0.2) is 0 Å². The number of amides is 1. The molecule has 7 nitrogen and oxygen atoms in total. The quantitative estimate of drug-likeness (QED) is 0.632. The standard InChI is InChI=1S/C19H18N6OS2/c20-17-22-18(21)24-19(23-17)28-11-16(26)25-13-8-4-5-9-15(13)27-10-14(25)12-6-2-1-3-7-12/h1-9,14H,10-11H2,(H4,20,21,22,23,24)/t14-/m1/s1. The minimum absolute atomic E-state index is 0.0239. The number of nitrogens with zero attached hydrogens (tertiary/aromatic N) is 4. The first-order chi connectivity index (χ1) is 13.6. The van der Waals surface area contributed by atoms with Crippen LogP contribution in [0, 0.1) is 0 Å². The summed E-state index contributed by atoms with van der Waals surface area (Å²) in [5, 5.41) is 0.342. The molecule has 28 heavy (non-hydrogen) atoms. The lowest BCUT2D eigenvalue weighted by molar-refractivity contribution is -0.116. The summed E-state index contributed by atoms with van der Waals surface area (Å²) in [6, 6.07) is 18.0. The molecular formula is C19H18N6OS2. The maximum Gasteiger partial charge on any atom is 0.238 e. The number of thioether (sulfide) groups is 2. The Hall–Kier alpha value is -2.78. The molecule has 1 aromatic heterocycles. The number of hydrogen-bond acceptors (Lipinski definition) is 8. The van der Waals surface area contributed by atoms with Crippen molar-refractivity contribution in [2.75, 3.05) is 27.9 Å². The van der Waals surface area contributed by atoms with Gasteiger partial charge in [-0.05, 0) is 17.7 Å². The second-order valence-corrected chi connectivity index (χ2v) is 8.10. The number of anilines is 3. The van der Waals surface area contributed by atoms with Gasteiger partial charge in [-0.1, -0.05) is 54.2 Å².